The normalized spacial score (nSPS) is 13.8. The van der Waals surface area contributed by atoms with Crippen molar-refractivity contribution in [2.75, 3.05) is 12.0 Å². The molecule has 0 bridgehead atoms. The van der Waals surface area contributed by atoms with Gasteiger partial charge in [-0.05, 0) is 30.2 Å². The third-order valence-electron chi connectivity index (χ3n) is 2.16. The van der Waals surface area contributed by atoms with Crippen molar-refractivity contribution in [2.24, 2.45) is 5.73 Å². The van der Waals surface area contributed by atoms with E-state index >= 15 is 0 Å². The summed E-state index contributed by atoms with van der Waals surface area (Å²) in [6.45, 7) is 0. The Kier molecular flexibility index (Phi) is 4.97. The Bertz CT molecular complexity index is 474. The number of hydrogen-bond donors (Lipinski definition) is 1. The molecule has 0 fully saturated rings. The molecule has 0 aliphatic carbocycles. The van der Waals surface area contributed by atoms with Gasteiger partial charge in [0.15, 0.2) is 0 Å². The number of rotatable bonds is 4. The first-order valence-corrected chi connectivity index (χ1v) is 8.32. The summed E-state index contributed by atoms with van der Waals surface area (Å²) in [5.41, 5.74) is 6.87. The first-order chi connectivity index (χ1) is 7.29. The average Bonchev–Trinajstić information content (AvgIpc) is 2.17. The Hall–Kier alpha value is 0.0900. The fourth-order valence-corrected chi connectivity index (χ4v) is 2.90. The van der Waals surface area contributed by atoms with Crippen molar-refractivity contribution >= 4 is 41.7 Å². The van der Waals surface area contributed by atoms with E-state index < -0.39 is 9.84 Å². The van der Waals surface area contributed by atoms with E-state index in [1.807, 2.05) is 18.2 Å². The van der Waals surface area contributed by atoms with Gasteiger partial charge in [0.25, 0.3) is 0 Å². The van der Waals surface area contributed by atoms with E-state index in [1.165, 1.54) is 6.26 Å². The van der Waals surface area contributed by atoms with Gasteiger partial charge in [0.05, 0.1) is 5.75 Å². The molecule has 0 amide bonds. The van der Waals surface area contributed by atoms with Crippen LogP contribution in [0.4, 0.5) is 0 Å². The molecule has 0 saturated heterocycles. The SMILES string of the molecule is CS(=O)(=O)CCC(N)c1cc(Br)ccc1Br. The topological polar surface area (TPSA) is 60.2 Å². The molecule has 0 saturated carbocycles. The van der Waals surface area contributed by atoms with Crippen molar-refractivity contribution in [3.8, 4) is 0 Å². The highest BCUT2D eigenvalue weighted by Gasteiger charge is 2.13. The summed E-state index contributed by atoms with van der Waals surface area (Å²) in [6, 6.07) is 5.41. The molecule has 0 aliphatic heterocycles. The molecule has 16 heavy (non-hydrogen) atoms. The van der Waals surface area contributed by atoms with Crippen molar-refractivity contribution in [2.45, 2.75) is 12.5 Å². The number of nitrogens with two attached hydrogens (primary N) is 1. The maximum atomic E-state index is 11.0. The molecule has 90 valence electrons. The van der Waals surface area contributed by atoms with E-state index in [0.29, 0.717) is 6.42 Å². The van der Waals surface area contributed by atoms with Crippen molar-refractivity contribution in [1.82, 2.24) is 0 Å². The molecule has 0 heterocycles. The summed E-state index contributed by atoms with van der Waals surface area (Å²) in [6.07, 6.45) is 1.64. The summed E-state index contributed by atoms with van der Waals surface area (Å²) in [5.74, 6) is 0.104. The van der Waals surface area contributed by atoms with Crippen LogP contribution in [0.25, 0.3) is 0 Å². The van der Waals surface area contributed by atoms with E-state index in [9.17, 15) is 8.42 Å². The van der Waals surface area contributed by atoms with Gasteiger partial charge in [0, 0.05) is 21.2 Å². The molecule has 6 heteroatoms. The van der Waals surface area contributed by atoms with Crippen LogP contribution in [0, 0.1) is 0 Å². The van der Waals surface area contributed by atoms with E-state index in [4.69, 9.17) is 5.73 Å². The zero-order valence-corrected chi connectivity index (χ0v) is 12.8. The molecular weight excluding hydrogens is 358 g/mol. The lowest BCUT2D eigenvalue weighted by atomic mass is 10.1. The van der Waals surface area contributed by atoms with Crippen LogP contribution in [0.1, 0.15) is 18.0 Å². The predicted octanol–water partition coefficient (Wildman–Crippen LogP) is 2.65. The summed E-state index contributed by atoms with van der Waals surface area (Å²) in [5, 5.41) is 0. The van der Waals surface area contributed by atoms with Gasteiger partial charge < -0.3 is 5.73 Å². The van der Waals surface area contributed by atoms with Gasteiger partial charge in [0.1, 0.15) is 9.84 Å². The fraction of sp³-hybridized carbons (Fsp3) is 0.400. The largest absolute Gasteiger partial charge is 0.324 e. The minimum atomic E-state index is -2.96. The zero-order chi connectivity index (χ0) is 12.3. The highest BCUT2D eigenvalue weighted by Crippen LogP contribution is 2.27. The van der Waals surface area contributed by atoms with Gasteiger partial charge in [-0.25, -0.2) is 8.42 Å². The summed E-state index contributed by atoms with van der Waals surface area (Å²) < 4.78 is 23.9. The molecule has 3 nitrogen and oxygen atoms in total. The van der Waals surface area contributed by atoms with Crippen molar-refractivity contribution < 1.29 is 8.42 Å². The molecular formula is C10H13Br2NO2S. The monoisotopic (exact) mass is 369 g/mol. The standard InChI is InChI=1S/C10H13Br2NO2S/c1-16(14,15)5-4-10(13)8-6-7(11)2-3-9(8)12/h2-3,6,10H,4-5,13H2,1H3. The predicted molar refractivity (Wildman–Crippen MR) is 73.1 cm³/mol. The summed E-state index contributed by atoms with van der Waals surface area (Å²) >= 11 is 6.76. The first-order valence-electron chi connectivity index (χ1n) is 4.68. The second-order valence-electron chi connectivity index (χ2n) is 3.69. The first kappa shape index (κ1) is 14.2. The van der Waals surface area contributed by atoms with Crippen LogP contribution in [-0.2, 0) is 9.84 Å². The van der Waals surface area contributed by atoms with E-state index in [0.717, 1.165) is 14.5 Å². The van der Waals surface area contributed by atoms with Crippen LogP contribution in [0.3, 0.4) is 0 Å². The molecule has 2 N–H and O–H groups in total. The van der Waals surface area contributed by atoms with Crippen molar-refractivity contribution in [3.05, 3.63) is 32.7 Å². The Morgan fingerprint density at radius 3 is 2.56 bits per heavy atom. The Balaban J connectivity index is 2.80. The smallest absolute Gasteiger partial charge is 0.147 e. The maximum absolute atomic E-state index is 11.0. The molecule has 0 radical (unpaired) electrons. The van der Waals surface area contributed by atoms with Crippen LogP contribution in [0.2, 0.25) is 0 Å². The Morgan fingerprint density at radius 1 is 1.38 bits per heavy atom. The number of halogens is 2. The van der Waals surface area contributed by atoms with Crippen LogP contribution >= 0.6 is 31.9 Å². The van der Waals surface area contributed by atoms with Crippen LogP contribution < -0.4 is 5.73 Å². The molecule has 0 aromatic heterocycles. The third kappa shape index (κ3) is 4.53. The van der Waals surface area contributed by atoms with Gasteiger partial charge in [-0.3, -0.25) is 0 Å². The minimum absolute atomic E-state index is 0.104. The fourth-order valence-electron chi connectivity index (χ4n) is 1.30. The average molecular weight is 371 g/mol. The molecule has 0 aliphatic rings. The quantitative estimate of drug-likeness (QED) is 0.886. The van der Waals surface area contributed by atoms with Gasteiger partial charge in [0.2, 0.25) is 0 Å². The number of hydrogen-bond acceptors (Lipinski definition) is 3. The molecule has 1 rings (SSSR count). The van der Waals surface area contributed by atoms with Gasteiger partial charge in [-0.2, -0.15) is 0 Å². The number of benzene rings is 1. The lowest BCUT2D eigenvalue weighted by molar-refractivity contribution is 0.591. The molecule has 1 aromatic carbocycles. The van der Waals surface area contributed by atoms with Crippen LogP contribution in [-0.4, -0.2) is 20.4 Å². The van der Waals surface area contributed by atoms with Gasteiger partial charge in [-0.1, -0.05) is 31.9 Å². The van der Waals surface area contributed by atoms with Gasteiger partial charge in [-0.15, -0.1) is 0 Å². The van der Waals surface area contributed by atoms with Crippen molar-refractivity contribution in [1.29, 1.82) is 0 Å². The zero-order valence-electron chi connectivity index (χ0n) is 8.78. The lowest BCUT2D eigenvalue weighted by Crippen LogP contribution is -2.16. The molecule has 0 spiro atoms. The highest BCUT2D eigenvalue weighted by molar-refractivity contribution is 9.11. The molecule has 1 aromatic rings. The molecule has 1 unspecified atom stereocenters. The van der Waals surface area contributed by atoms with E-state index in [1.54, 1.807) is 0 Å². The van der Waals surface area contributed by atoms with E-state index in [2.05, 4.69) is 31.9 Å². The summed E-state index contributed by atoms with van der Waals surface area (Å²) in [4.78, 5) is 0. The van der Waals surface area contributed by atoms with E-state index in [-0.39, 0.29) is 11.8 Å². The van der Waals surface area contributed by atoms with Crippen LogP contribution in [0.5, 0.6) is 0 Å². The lowest BCUT2D eigenvalue weighted by Gasteiger charge is -2.13. The third-order valence-corrected chi connectivity index (χ3v) is 4.35. The summed E-state index contributed by atoms with van der Waals surface area (Å²) in [7, 11) is -2.96. The minimum Gasteiger partial charge on any atom is -0.324 e. The maximum Gasteiger partial charge on any atom is 0.147 e. The second kappa shape index (κ2) is 5.62. The van der Waals surface area contributed by atoms with Crippen LogP contribution in [0.15, 0.2) is 27.1 Å². The van der Waals surface area contributed by atoms with Crippen molar-refractivity contribution in [3.63, 3.8) is 0 Å². The second-order valence-corrected chi connectivity index (χ2v) is 7.72. The molecule has 1 atom stereocenters. The Labute approximate surface area is 113 Å². The number of sulfone groups is 1. The van der Waals surface area contributed by atoms with Gasteiger partial charge >= 0.3 is 0 Å². The Morgan fingerprint density at radius 2 is 2.00 bits per heavy atom. The highest BCUT2D eigenvalue weighted by atomic mass is 79.9.